The molecular formula is C25H22ClN3O4S. The fourth-order valence-corrected chi connectivity index (χ4v) is 7.27. The molecule has 3 aromatic carbocycles. The molecule has 5 rings (SSSR count). The van der Waals surface area contributed by atoms with Crippen LogP contribution in [0, 0.1) is 33.1 Å². The quantitative estimate of drug-likeness (QED) is 0.236. The number of nitro groups is 2. The Morgan fingerprint density at radius 1 is 0.941 bits per heavy atom. The number of aryl methyl sites for hydroxylation is 1. The zero-order valence-corrected chi connectivity index (χ0v) is 19.8. The molecule has 0 saturated heterocycles. The van der Waals surface area contributed by atoms with E-state index in [9.17, 15) is 20.2 Å². The van der Waals surface area contributed by atoms with Gasteiger partial charge in [-0.1, -0.05) is 48.0 Å². The number of benzene rings is 3. The van der Waals surface area contributed by atoms with Crippen LogP contribution in [-0.4, -0.2) is 20.5 Å². The molecule has 1 N–H and O–H groups in total. The van der Waals surface area contributed by atoms with E-state index in [1.165, 1.54) is 23.9 Å². The topological polar surface area (TPSA) is 98.3 Å². The molecule has 0 radical (unpaired) electrons. The summed E-state index contributed by atoms with van der Waals surface area (Å²) >= 11 is 8.55. The Morgan fingerprint density at radius 2 is 1.62 bits per heavy atom. The predicted molar refractivity (Wildman–Crippen MR) is 134 cm³/mol. The van der Waals surface area contributed by atoms with Crippen LogP contribution in [0.4, 0.5) is 17.1 Å². The highest BCUT2D eigenvalue weighted by atomic mass is 35.5. The van der Waals surface area contributed by atoms with E-state index in [2.05, 4.69) is 11.4 Å². The number of nitrogens with zero attached hydrogens (tertiary/aromatic N) is 2. The molecule has 0 spiro atoms. The van der Waals surface area contributed by atoms with Crippen molar-refractivity contribution in [1.82, 2.24) is 0 Å². The van der Waals surface area contributed by atoms with E-state index < -0.39 is 0 Å². The first-order valence-electron chi connectivity index (χ1n) is 11.0. The Morgan fingerprint density at radius 3 is 2.35 bits per heavy atom. The Hall–Kier alpha value is -3.10. The van der Waals surface area contributed by atoms with Gasteiger partial charge < -0.3 is 5.32 Å². The molecule has 7 nitrogen and oxygen atoms in total. The number of rotatable bonds is 5. The zero-order chi connectivity index (χ0) is 24.0. The van der Waals surface area contributed by atoms with Gasteiger partial charge in [0.15, 0.2) is 0 Å². The number of fused-ring (bicyclic) bond motifs is 3. The molecule has 1 heterocycles. The lowest BCUT2D eigenvalue weighted by molar-refractivity contribution is -0.387. The monoisotopic (exact) mass is 495 g/mol. The van der Waals surface area contributed by atoms with Crippen molar-refractivity contribution < 1.29 is 9.85 Å². The Bertz CT molecular complexity index is 1290. The molecule has 2 aliphatic rings. The van der Waals surface area contributed by atoms with Crippen LogP contribution in [0.5, 0.6) is 0 Å². The normalized spacial score (nSPS) is 25.2. The SMILES string of the molecule is Cc1ccc2c(c1)[C@@H]1[C@H](Cl)[C@H](Sc3ccccc3[N+](=O)[O-])C[C@@H]1[C@@H](c1ccccc1[N+](=O)[O-])N2. The second-order valence-electron chi connectivity index (χ2n) is 8.78. The number of halogens is 1. The fourth-order valence-electron chi connectivity index (χ4n) is 5.33. The van der Waals surface area contributed by atoms with E-state index in [1.807, 2.05) is 25.1 Å². The van der Waals surface area contributed by atoms with Gasteiger partial charge in [0.2, 0.25) is 0 Å². The molecular weight excluding hydrogens is 474 g/mol. The van der Waals surface area contributed by atoms with Gasteiger partial charge in [0.1, 0.15) is 0 Å². The summed E-state index contributed by atoms with van der Waals surface area (Å²) in [5.74, 6) is -0.0407. The van der Waals surface area contributed by atoms with Crippen LogP contribution in [0.25, 0.3) is 0 Å². The highest BCUT2D eigenvalue weighted by molar-refractivity contribution is 8.00. The lowest BCUT2D eigenvalue weighted by Gasteiger charge is -2.38. The van der Waals surface area contributed by atoms with Crippen molar-refractivity contribution in [1.29, 1.82) is 0 Å². The third kappa shape index (κ3) is 3.91. The predicted octanol–water partition coefficient (Wildman–Crippen LogP) is 6.85. The van der Waals surface area contributed by atoms with E-state index in [0.717, 1.165) is 16.8 Å². The fraction of sp³-hybridized carbons (Fsp3) is 0.280. The van der Waals surface area contributed by atoms with Gasteiger partial charge >= 0.3 is 0 Å². The number of anilines is 1. The van der Waals surface area contributed by atoms with Gasteiger partial charge in [-0.2, -0.15) is 0 Å². The highest BCUT2D eigenvalue weighted by Crippen LogP contribution is 2.58. The largest absolute Gasteiger partial charge is 0.377 e. The summed E-state index contributed by atoms with van der Waals surface area (Å²) in [6.07, 6.45) is 0.673. The average Bonchev–Trinajstić information content (AvgIpc) is 3.15. The van der Waals surface area contributed by atoms with E-state index >= 15 is 0 Å². The third-order valence-corrected chi connectivity index (χ3v) is 8.89. The molecule has 5 atom stereocenters. The molecule has 1 saturated carbocycles. The summed E-state index contributed by atoms with van der Waals surface area (Å²) in [4.78, 5) is 23.2. The number of hydrogen-bond acceptors (Lipinski definition) is 6. The Balaban J connectivity index is 1.57. The first-order chi connectivity index (χ1) is 16.3. The second kappa shape index (κ2) is 8.92. The van der Waals surface area contributed by atoms with Crippen molar-refractivity contribution in [2.24, 2.45) is 5.92 Å². The molecule has 1 fully saturated rings. The summed E-state index contributed by atoms with van der Waals surface area (Å²) in [6.45, 7) is 2.03. The number of nitro benzene ring substituents is 2. The second-order valence-corrected chi connectivity index (χ2v) is 10.6. The maximum absolute atomic E-state index is 11.8. The van der Waals surface area contributed by atoms with Crippen LogP contribution in [0.3, 0.4) is 0 Å². The van der Waals surface area contributed by atoms with Crippen LogP contribution < -0.4 is 5.32 Å². The van der Waals surface area contributed by atoms with Crippen molar-refractivity contribution >= 4 is 40.4 Å². The highest BCUT2D eigenvalue weighted by Gasteiger charge is 2.51. The molecule has 0 unspecified atom stereocenters. The van der Waals surface area contributed by atoms with Crippen LogP contribution in [0.2, 0.25) is 0 Å². The number of hydrogen-bond donors (Lipinski definition) is 1. The smallest absolute Gasteiger partial charge is 0.282 e. The van der Waals surface area contributed by atoms with E-state index in [-0.39, 0.29) is 49.7 Å². The summed E-state index contributed by atoms with van der Waals surface area (Å²) in [5.41, 5.74) is 3.92. The van der Waals surface area contributed by atoms with Crippen molar-refractivity contribution in [3.63, 3.8) is 0 Å². The van der Waals surface area contributed by atoms with E-state index in [4.69, 9.17) is 11.6 Å². The molecule has 1 aliphatic carbocycles. The van der Waals surface area contributed by atoms with Gasteiger partial charge in [0.05, 0.1) is 31.7 Å². The number of nitrogens with one attached hydrogen (secondary N) is 1. The lowest BCUT2D eigenvalue weighted by atomic mass is 9.76. The minimum atomic E-state index is -0.371. The molecule has 9 heteroatoms. The summed E-state index contributed by atoms with van der Waals surface area (Å²) < 4.78 is 0. The molecule has 0 bridgehead atoms. The van der Waals surface area contributed by atoms with Crippen molar-refractivity contribution in [3.8, 4) is 0 Å². The summed E-state index contributed by atoms with van der Waals surface area (Å²) in [6, 6.07) is 19.4. The number of alkyl halides is 1. The minimum absolute atomic E-state index is 0.00170. The van der Waals surface area contributed by atoms with E-state index in [0.29, 0.717) is 16.9 Å². The summed E-state index contributed by atoms with van der Waals surface area (Å²) in [5, 5.41) is 26.5. The van der Waals surface area contributed by atoms with Crippen molar-refractivity contribution in [2.75, 3.05) is 5.32 Å². The molecule has 34 heavy (non-hydrogen) atoms. The number of thioether (sulfide) groups is 1. The van der Waals surface area contributed by atoms with Crippen LogP contribution in [0.1, 0.15) is 35.1 Å². The molecule has 0 amide bonds. The van der Waals surface area contributed by atoms with Gasteiger partial charge in [-0.05, 0) is 37.0 Å². The van der Waals surface area contributed by atoms with Crippen LogP contribution in [0.15, 0.2) is 71.6 Å². The average molecular weight is 496 g/mol. The van der Waals surface area contributed by atoms with Gasteiger partial charge in [-0.3, -0.25) is 20.2 Å². The molecule has 1 aliphatic heterocycles. The number of para-hydroxylation sites is 2. The van der Waals surface area contributed by atoms with Gasteiger partial charge in [0, 0.05) is 29.0 Å². The Kier molecular flexibility index (Phi) is 5.95. The zero-order valence-electron chi connectivity index (χ0n) is 18.3. The first-order valence-corrected chi connectivity index (χ1v) is 12.3. The lowest BCUT2D eigenvalue weighted by Crippen LogP contribution is -2.31. The first kappa shape index (κ1) is 22.7. The standard InChI is InChI=1S/C25H22ClN3O4S/c1-14-10-11-18-16(12-14)23-17(25(27-18)15-6-2-3-7-19(15)28(30)31)13-22(24(23)26)34-21-9-5-4-8-20(21)29(32)33/h2-12,17,22-25,27H,13H2,1H3/t17-,22+,23-,24+,25+/m0/s1. The van der Waals surface area contributed by atoms with Crippen molar-refractivity contribution in [2.45, 2.75) is 40.8 Å². The molecule has 174 valence electrons. The van der Waals surface area contributed by atoms with Crippen LogP contribution >= 0.6 is 23.4 Å². The van der Waals surface area contributed by atoms with Gasteiger partial charge in [0.25, 0.3) is 11.4 Å². The van der Waals surface area contributed by atoms with Crippen LogP contribution in [-0.2, 0) is 0 Å². The van der Waals surface area contributed by atoms with Crippen molar-refractivity contribution in [3.05, 3.63) is 104 Å². The maximum Gasteiger partial charge on any atom is 0.282 e. The Labute approximate surface area is 205 Å². The molecule has 0 aromatic heterocycles. The maximum atomic E-state index is 11.8. The minimum Gasteiger partial charge on any atom is -0.377 e. The van der Waals surface area contributed by atoms with Gasteiger partial charge in [-0.25, -0.2) is 0 Å². The van der Waals surface area contributed by atoms with E-state index in [1.54, 1.807) is 30.3 Å². The van der Waals surface area contributed by atoms with Gasteiger partial charge in [-0.15, -0.1) is 23.4 Å². The summed E-state index contributed by atoms with van der Waals surface area (Å²) in [7, 11) is 0. The molecule has 3 aromatic rings. The third-order valence-electron chi connectivity index (χ3n) is 6.78.